The van der Waals surface area contributed by atoms with E-state index < -0.39 is 0 Å². The summed E-state index contributed by atoms with van der Waals surface area (Å²) in [5, 5.41) is 3.61. The molecule has 2 rings (SSSR count). The van der Waals surface area contributed by atoms with E-state index in [1.54, 1.807) is 6.07 Å². The highest BCUT2D eigenvalue weighted by molar-refractivity contribution is 9.10. The lowest BCUT2D eigenvalue weighted by Crippen LogP contribution is -2.22. The van der Waals surface area contributed by atoms with Crippen LogP contribution in [0.15, 0.2) is 16.6 Å². The van der Waals surface area contributed by atoms with Crippen LogP contribution in [0, 0.1) is 12.8 Å². The van der Waals surface area contributed by atoms with E-state index in [-0.39, 0.29) is 11.8 Å². The van der Waals surface area contributed by atoms with Gasteiger partial charge < -0.3 is 5.32 Å². The average molecular weight is 335 g/mol. The zero-order valence-corrected chi connectivity index (χ0v) is 12.6. The van der Waals surface area contributed by atoms with Crippen LogP contribution in [0.5, 0.6) is 0 Å². The van der Waals surface area contributed by atoms with Gasteiger partial charge in [-0.2, -0.15) is 11.8 Å². The molecule has 1 heterocycles. The number of carbonyl (C=O) groups is 1. The number of hydrogen-bond donors (Lipinski definition) is 1. The third-order valence-corrected chi connectivity index (χ3v) is 5.03. The molecule has 1 atom stereocenters. The minimum absolute atomic E-state index is 0.0932. The normalized spacial score (nSPS) is 19.4. The van der Waals surface area contributed by atoms with Crippen LogP contribution >= 0.6 is 39.3 Å². The van der Waals surface area contributed by atoms with Gasteiger partial charge in [-0.3, -0.25) is 4.79 Å². The summed E-state index contributed by atoms with van der Waals surface area (Å²) in [5.41, 5.74) is 1.75. The van der Waals surface area contributed by atoms with E-state index in [1.807, 2.05) is 24.8 Å². The van der Waals surface area contributed by atoms with Gasteiger partial charge in [-0.05, 0) is 52.7 Å². The number of amides is 1. The highest BCUT2D eigenvalue weighted by Gasteiger charge is 2.23. The molecule has 92 valence electrons. The monoisotopic (exact) mass is 333 g/mol. The van der Waals surface area contributed by atoms with Crippen LogP contribution < -0.4 is 5.32 Å². The smallest absolute Gasteiger partial charge is 0.228 e. The van der Waals surface area contributed by atoms with Crippen molar-refractivity contribution in [2.24, 2.45) is 5.92 Å². The number of aryl methyl sites for hydroxylation is 1. The number of halogens is 2. The molecule has 1 N–H and O–H groups in total. The van der Waals surface area contributed by atoms with E-state index in [2.05, 4.69) is 21.2 Å². The summed E-state index contributed by atoms with van der Waals surface area (Å²) < 4.78 is 0.874. The Morgan fingerprint density at radius 3 is 3.00 bits per heavy atom. The van der Waals surface area contributed by atoms with Crippen molar-refractivity contribution in [1.82, 2.24) is 0 Å². The fourth-order valence-electron chi connectivity index (χ4n) is 1.72. The maximum Gasteiger partial charge on any atom is 0.228 e. The predicted molar refractivity (Wildman–Crippen MR) is 78.0 cm³/mol. The summed E-state index contributed by atoms with van der Waals surface area (Å²) in [5.74, 6) is 2.22. The van der Waals surface area contributed by atoms with Gasteiger partial charge in [0.15, 0.2) is 0 Å². The molecule has 1 aromatic carbocycles. The number of carbonyl (C=O) groups excluding carboxylic acids is 1. The number of nitrogens with one attached hydrogen (secondary N) is 1. The number of thioether (sulfide) groups is 1. The summed E-state index contributed by atoms with van der Waals surface area (Å²) in [6.07, 6.45) is 0.966. The van der Waals surface area contributed by atoms with Crippen LogP contribution in [0.4, 0.5) is 5.69 Å². The van der Waals surface area contributed by atoms with E-state index in [4.69, 9.17) is 11.6 Å². The van der Waals surface area contributed by atoms with Gasteiger partial charge in [-0.1, -0.05) is 11.6 Å². The van der Waals surface area contributed by atoms with Gasteiger partial charge in [0.25, 0.3) is 0 Å². The van der Waals surface area contributed by atoms with Crippen molar-refractivity contribution < 1.29 is 4.79 Å². The molecule has 5 heteroatoms. The maximum atomic E-state index is 12.0. The summed E-state index contributed by atoms with van der Waals surface area (Å²) in [6, 6.07) is 3.71. The molecule has 0 radical (unpaired) electrons. The second kappa shape index (κ2) is 5.63. The maximum absolute atomic E-state index is 12.0. The molecule has 1 amide bonds. The highest BCUT2D eigenvalue weighted by Crippen LogP contribution is 2.31. The Balaban J connectivity index is 2.12. The van der Waals surface area contributed by atoms with E-state index in [0.717, 1.165) is 33.7 Å². The van der Waals surface area contributed by atoms with Crippen molar-refractivity contribution in [1.29, 1.82) is 0 Å². The van der Waals surface area contributed by atoms with Crippen molar-refractivity contribution in [2.75, 3.05) is 16.8 Å². The molecule has 0 saturated carbocycles. The summed E-state index contributed by atoms with van der Waals surface area (Å²) in [4.78, 5) is 12.0. The van der Waals surface area contributed by atoms with Crippen LogP contribution in [-0.4, -0.2) is 17.4 Å². The van der Waals surface area contributed by atoms with Crippen LogP contribution in [0.2, 0.25) is 5.02 Å². The Morgan fingerprint density at radius 1 is 1.59 bits per heavy atom. The number of hydrogen-bond acceptors (Lipinski definition) is 2. The SMILES string of the molecule is Cc1cc(Br)c(NC(=O)C2CCSC2)cc1Cl. The molecule has 17 heavy (non-hydrogen) atoms. The van der Waals surface area contributed by atoms with Gasteiger partial charge in [0.05, 0.1) is 5.69 Å². The Labute approximate surface area is 119 Å². The Bertz CT molecular complexity index is 446. The van der Waals surface area contributed by atoms with Crippen LogP contribution in [0.3, 0.4) is 0 Å². The minimum atomic E-state index is 0.0932. The summed E-state index contributed by atoms with van der Waals surface area (Å²) >= 11 is 11.3. The fourth-order valence-corrected chi connectivity index (χ4v) is 3.66. The highest BCUT2D eigenvalue weighted by atomic mass is 79.9. The molecule has 1 unspecified atom stereocenters. The lowest BCUT2D eigenvalue weighted by Gasteiger charge is -2.12. The second-order valence-corrected chi connectivity index (χ2v) is 6.54. The molecule has 0 aromatic heterocycles. The van der Waals surface area contributed by atoms with E-state index in [0.29, 0.717) is 5.02 Å². The van der Waals surface area contributed by atoms with E-state index >= 15 is 0 Å². The fraction of sp³-hybridized carbons (Fsp3) is 0.417. The molecule has 0 spiro atoms. The lowest BCUT2D eigenvalue weighted by atomic mass is 10.1. The van der Waals surface area contributed by atoms with Gasteiger partial charge in [0.1, 0.15) is 0 Å². The van der Waals surface area contributed by atoms with Crippen molar-refractivity contribution in [3.63, 3.8) is 0 Å². The van der Waals surface area contributed by atoms with Crippen LogP contribution in [0.1, 0.15) is 12.0 Å². The van der Waals surface area contributed by atoms with Gasteiger partial charge in [-0.15, -0.1) is 0 Å². The van der Waals surface area contributed by atoms with Gasteiger partial charge in [-0.25, -0.2) is 0 Å². The summed E-state index contributed by atoms with van der Waals surface area (Å²) in [6.45, 7) is 1.94. The van der Waals surface area contributed by atoms with Crippen LogP contribution in [0.25, 0.3) is 0 Å². The van der Waals surface area contributed by atoms with Gasteiger partial charge in [0.2, 0.25) is 5.91 Å². The van der Waals surface area contributed by atoms with Crippen LogP contribution in [-0.2, 0) is 4.79 Å². The van der Waals surface area contributed by atoms with E-state index in [9.17, 15) is 4.79 Å². The van der Waals surface area contributed by atoms with Crippen molar-refractivity contribution in [3.8, 4) is 0 Å². The molecule has 1 aliphatic rings. The molecule has 1 aromatic rings. The topological polar surface area (TPSA) is 29.1 Å². The molecule has 1 aliphatic heterocycles. The third kappa shape index (κ3) is 3.18. The minimum Gasteiger partial charge on any atom is -0.325 e. The Hall–Kier alpha value is -0.190. The van der Waals surface area contributed by atoms with Crippen molar-refractivity contribution in [3.05, 3.63) is 27.2 Å². The van der Waals surface area contributed by atoms with Crippen molar-refractivity contribution in [2.45, 2.75) is 13.3 Å². The molecular weight excluding hydrogens is 322 g/mol. The third-order valence-electron chi connectivity index (χ3n) is 2.81. The number of anilines is 1. The Kier molecular flexibility index (Phi) is 4.39. The van der Waals surface area contributed by atoms with E-state index in [1.165, 1.54) is 0 Å². The quantitative estimate of drug-likeness (QED) is 0.882. The summed E-state index contributed by atoms with van der Waals surface area (Å²) in [7, 11) is 0. The predicted octanol–water partition coefficient (Wildman–Crippen LogP) is 4.10. The van der Waals surface area contributed by atoms with Gasteiger partial charge in [0, 0.05) is 21.2 Å². The molecule has 1 saturated heterocycles. The largest absolute Gasteiger partial charge is 0.325 e. The van der Waals surface area contributed by atoms with Gasteiger partial charge >= 0.3 is 0 Å². The second-order valence-electron chi connectivity index (χ2n) is 4.13. The molecule has 0 bridgehead atoms. The molecule has 0 aliphatic carbocycles. The lowest BCUT2D eigenvalue weighted by molar-refractivity contribution is -0.119. The first-order chi connectivity index (χ1) is 8.08. The average Bonchev–Trinajstić information content (AvgIpc) is 2.79. The first kappa shape index (κ1) is 13.2. The zero-order valence-electron chi connectivity index (χ0n) is 9.43. The molecule has 1 fully saturated rings. The molecular formula is C12H13BrClNOS. The number of benzene rings is 1. The standard InChI is InChI=1S/C12H13BrClNOS/c1-7-4-9(13)11(5-10(7)14)15-12(16)8-2-3-17-6-8/h4-5,8H,2-3,6H2,1H3,(H,15,16). The Morgan fingerprint density at radius 2 is 2.35 bits per heavy atom. The first-order valence-corrected chi connectivity index (χ1v) is 7.74. The van der Waals surface area contributed by atoms with Crippen molar-refractivity contribution >= 4 is 50.9 Å². The number of rotatable bonds is 2. The first-order valence-electron chi connectivity index (χ1n) is 5.42. The molecule has 2 nitrogen and oxygen atoms in total. The zero-order chi connectivity index (χ0) is 12.4.